The summed E-state index contributed by atoms with van der Waals surface area (Å²) in [5.74, 6) is -9.67. The average molecular weight is 549 g/mol. The summed E-state index contributed by atoms with van der Waals surface area (Å²) in [6.07, 6.45) is 1.50. The largest absolute Gasteiger partial charge is 0.507 e. The van der Waals surface area contributed by atoms with E-state index in [-0.39, 0.29) is 24.2 Å². The Morgan fingerprint density at radius 3 is 2.33 bits per heavy atom. The van der Waals surface area contributed by atoms with Gasteiger partial charge in [0, 0.05) is 5.92 Å². The summed E-state index contributed by atoms with van der Waals surface area (Å²) in [6.45, 7) is 0. The highest BCUT2D eigenvalue weighted by atomic mass is 16.5. The molecule has 5 rings (SSSR count). The van der Waals surface area contributed by atoms with E-state index >= 15 is 0 Å². The first-order valence-electron chi connectivity index (χ1n) is 13.2. The first-order valence-corrected chi connectivity index (χ1v) is 13.2. The fourth-order valence-electron chi connectivity index (χ4n) is 6.97. The van der Waals surface area contributed by atoms with Crippen LogP contribution in [0.1, 0.15) is 33.5 Å². The normalized spacial score (nSPS) is 29.6. The van der Waals surface area contributed by atoms with Crippen LogP contribution in [-0.2, 0) is 38.4 Å². The number of amides is 1. The molecule has 6 unspecified atom stereocenters. The predicted octanol–water partition coefficient (Wildman–Crippen LogP) is 0.661. The number of ketones is 4. The van der Waals surface area contributed by atoms with Crippen LogP contribution in [0.3, 0.4) is 0 Å². The second kappa shape index (κ2) is 9.94. The van der Waals surface area contributed by atoms with Gasteiger partial charge in [0.25, 0.3) is 0 Å². The molecule has 0 spiro atoms. The van der Waals surface area contributed by atoms with Crippen LogP contribution in [0.4, 0.5) is 0 Å². The lowest BCUT2D eigenvalue weighted by Crippen LogP contribution is -2.74. The maximum absolute atomic E-state index is 13.9. The Balaban J connectivity index is 1.53. The number of Topliss-reactive ketones (excluding diaryl/α,β-unsaturated/α-hetero) is 4. The van der Waals surface area contributed by atoms with Gasteiger partial charge in [-0.1, -0.05) is 18.2 Å². The van der Waals surface area contributed by atoms with Crippen molar-refractivity contribution in [3.63, 3.8) is 0 Å². The van der Waals surface area contributed by atoms with Crippen molar-refractivity contribution in [3.8, 4) is 11.5 Å². The first-order chi connectivity index (χ1) is 18.9. The Labute approximate surface area is 231 Å². The van der Waals surface area contributed by atoms with E-state index in [0.29, 0.717) is 18.4 Å². The fraction of sp³-hybridized carbons (Fsp3) is 0.433. The number of aryl methyl sites for hydroxylation is 2. The van der Waals surface area contributed by atoms with Gasteiger partial charge in [-0.25, -0.2) is 0 Å². The number of benzene rings is 2. The number of carbonyl (C=O) groups is 5. The van der Waals surface area contributed by atoms with E-state index in [1.807, 2.05) is 24.3 Å². The summed E-state index contributed by atoms with van der Waals surface area (Å²) in [7, 11) is 4.71. The van der Waals surface area contributed by atoms with Crippen molar-refractivity contribution in [1.29, 1.82) is 0 Å². The molecule has 40 heavy (non-hydrogen) atoms. The van der Waals surface area contributed by atoms with E-state index in [1.54, 1.807) is 27.3 Å². The van der Waals surface area contributed by atoms with Crippen molar-refractivity contribution in [1.82, 2.24) is 4.90 Å². The number of rotatable bonds is 6. The molecule has 3 aliphatic rings. The lowest BCUT2D eigenvalue weighted by Gasteiger charge is -2.52. The van der Waals surface area contributed by atoms with Gasteiger partial charge in [-0.2, -0.15) is 0 Å². The van der Waals surface area contributed by atoms with Crippen LogP contribution in [-0.4, -0.2) is 77.0 Å². The molecule has 2 aromatic rings. The molecule has 2 saturated carbocycles. The number of fused-ring (bicyclic) bond motifs is 3. The number of nitrogens with two attached hydrogens (primary N) is 1. The van der Waals surface area contributed by atoms with Gasteiger partial charge in [0.05, 0.1) is 24.6 Å². The van der Waals surface area contributed by atoms with E-state index in [0.717, 1.165) is 16.9 Å². The molecular formula is C30H32N2O8. The minimum Gasteiger partial charge on any atom is -0.507 e. The molecule has 10 nitrogen and oxygen atoms in total. The number of phenolic OH excluding ortho intramolecular Hbond substituents is 1. The maximum atomic E-state index is 13.9. The van der Waals surface area contributed by atoms with Crippen molar-refractivity contribution in [3.05, 3.63) is 58.7 Å². The van der Waals surface area contributed by atoms with E-state index in [1.165, 1.54) is 11.0 Å². The molecular weight excluding hydrogens is 516 g/mol. The molecule has 1 amide bonds. The zero-order chi connectivity index (χ0) is 29.1. The second-order valence-electron chi connectivity index (χ2n) is 11.2. The lowest BCUT2D eigenvalue weighted by molar-refractivity contribution is -0.181. The molecule has 3 aliphatic carbocycles. The minimum atomic E-state index is -2.72. The highest BCUT2D eigenvalue weighted by Crippen LogP contribution is 2.51. The minimum absolute atomic E-state index is 0.0128. The van der Waals surface area contributed by atoms with Crippen molar-refractivity contribution in [2.75, 3.05) is 21.2 Å². The highest BCUT2D eigenvalue weighted by molar-refractivity contribution is 6.32. The molecule has 0 saturated heterocycles. The molecule has 210 valence electrons. The Bertz CT molecular complexity index is 1430. The van der Waals surface area contributed by atoms with Gasteiger partial charge in [0.1, 0.15) is 11.5 Å². The topological polar surface area (TPSA) is 164 Å². The number of aromatic hydroxyl groups is 1. The monoisotopic (exact) mass is 548 g/mol. The number of likely N-dealkylation sites (N-methyl/N-ethyl adjacent to an activating group) is 1. The van der Waals surface area contributed by atoms with Crippen molar-refractivity contribution >= 4 is 29.0 Å². The summed E-state index contributed by atoms with van der Waals surface area (Å²) in [5.41, 5.74) is 5.17. The number of hydrogen-bond acceptors (Lipinski definition) is 9. The molecule has 0 aromatic heterocycles. The number of hydrogen-bond donors (Lipinski definition) is 3. The first kappa shape index (κ1) is 27.7. The van der Waals surface area contributed by atoms with Crippen LogP contribution in [0.15, 0.2) is 36.4 Å². The van der Waals surface area contributed by atoms with E-state index in [9.17, 15) is 34.2 Å². The summed E-state index contributed by atoms with van der Waals surface area (Å²) >= 11 is 0. The average Bonchev–Trinajstić information content (AvgIpc) is 2.90. The summed E-state index contributed by atoms with van der Waals surface area (Å²) < 4.78 is 5.21. The quantitative estimate of drug-likeness (QED) is 0.440. The highest BCUT2D eigenvalue weighted by Gasteiger charge is 2.69. The Morgan fingerprint density at radius 1 is 1.05 bits per heavy atom. The number of phenols is 1. The van der Waals surface area contributed by atoms with Crippen LogP contribution in [0.2, 0.25) is 0 Å². The van der Waals surface area contributed by atoms with Crippen LogP contribution >= 0.6 is 0 Å². The number of nitrogens with zero attached hydrogens (tertiary/aromatic N) is 1. The summed E-state index contributed by atoms with van der Waals surface area (Å²) in [4.78, 5) is 67.8. The molecule has 2 aromatic carbocycles. The Kier molecular flexibility index (Phi) is 6.87. The number of primary amides is 1. The maximum Gasteiger partial charge on any atom is 0.235 e. The van der Waals surface area contributed by atoms with Crippen LogP contribution < -0.4 is 10.5 Å². The zero-order valence-corrected chi connectivity index (χ0v) is 22.5. The van der Waals surface area contributed by atoms with Crippen molar-refractivity contribution in [2.24, 2.45) is 29.4 Å². The van der Waals surface area contributed by atoms with E-state index in [4.69, 9.17) is 10.5 Å². The van der Waals surface area contributed by atoms with E-state index in [2.05, 4.69) is 0 Å². The lowest BCUT2D eigenvalue weighted by atomic mass is 9.52. The van der Waals surface area contributed by atoms with E-state index < -0.39 is 64.4 Å². The number of methoxy groups -OCH3 is 1. The van der Waals surface area contributed by atoms with Gasteiger partial charge in [-0.3, -0.25) is 28.9 Å². The predicted molar refractivity (Wildman–Crippen MR) is 142 cm³/mol. The third kappa shape index (κ3) is 4.05. The molecule has 0 aliphatic heterocycles. The summed E-state index contributed by atoms with van der Waals surface area (Å²) in [5, 5.41) is 22.3. The molecule has 0 bridgehead atoms. The molecule has 2 fully saturated rings. The summed E-state index contributed by atoms with van der Waals surface area (Å²) in [6, 6.07) is 9.68. The van der Waals surface area contributed by atoms with Gasteiger partial charge in [-0.05, 0) is 80.6 Å². The zero-order valence-electron chi connectivity index (χ0n) is 22.5. The fourth-order valence-corrected chi connectivity index (χ4v) is 6.97. The molecule has 6 atom stereocenters. The van der Waals surface area contributed by atoms with Gasteiger partial charge in [0.2, 0.25) is 5.91 Å². The SMILES string of the molecule is COc1ccc(CCc2ccc(O)c3c2CC2CC4C(N(C)C)C(=O)C(C(N)=O)C(=O)C4(O)C(=O)C2C3=O)cc1. The van der Waals surface area contributed by atoms with Crippen LogP contribution in [0.25, 0.3) is 0 Å². The molecule has 0 radical (unpaired) electrons. The molecule has 4 N–H and O–H groups in total. The smallest absolute Gasteiger partial charge is 0.235 e. The van der Waals surface area contributed by atoms with Crippen molar-refractivity contribution in [2.45, 2.75) is 37.3 Å². The number of aliphatic hydroxyl groups is 1. The second-order valence-corrected chi connectivity index (χ2v) is 11.2. The standard InChI is InChI=1S/C30H32N2O8/c1-32(2)24-19-13-16-12-18-15(7-4-14-5-9-17(40-3)10-6-14)8-11-20(33)22(18)25(34)21(16)27(36)30(19,39)28(37)23(26(24)35)29(31)38/h5-6,8-11,16,19,21,23-24,33,39H,4,7,12-13H2,1-3H3,(H2,31,38). The van der Waals surface area contributed by atoms with Crippen LogP contribution in [0.5, 0.6) is 11.5 Å². The third-order valence-electron chi connectivity index (χ3n) is 8.88. The Hall–Kier alpha value is -3.89. The van der Waals surface area contributed by atoms with Crippen molar-refractivity contribution < 1.29 is 38.9 Å². The number of carbonyl (C=O) groups excluding carboxylic acids is 5. The van der Waals surface area contributed by atoms with Gasteiger partial charge in [0.15, 0.2) is 34.7 Å². The molecule has 10 heteroatoms. The van der Waals surface area contributed by atoms with Crippen LogP contribution in [0, 0.1) is 23.7 Å². The third-order valence-corrected chi connectivity index (χ3v) is 8.88. The van der Waals surface area contributed by atoms with Gasteiger partial charge < -0.3 is 20.7 Å². The van der Waals surface area contributed by atoms with Gasteiger partial charge in [-0.15, -0.1) is 0 Å². The Morgan fingerprint density at radius 2 is 1.73 bits per heavy atom. The molecule has 0 heterocycles. The van der Waals surface area contributed by atoms with Gasteiger partial charge >= 0.3 is 0 Å². The number of ether oxygens (including phenoxy) is 1.